The summed E-state index contributed by atoms with van der Waals surface area (Å²) in [5, 5.41) is 4.43. The molecular weight excluding hydrogens is 399 g/mol. The van der Waals surface area contributed by atoms with Crippen molar-refractivity contribution in [3.8, 4) is 0 Å². The Labute approximate surface area is 175 Å². The van der Waals surface area contributed by atoms with Crippen LogP contribution in [0.5, 0.6) is 0 Å². The van der Waals surface area contributed by atoms with Crippen molar-refractivity contribution < 1.29 is 4.79 Å². The number of likely N-dealkylation sites (tertiary alicyclic amines) is 1. The molecule has 1 unspecified atom stereocenters. The quantitative estimate of drug-likeness (QED) is 0.496. The molecule has 6 heteroatoms. The van der Waals surface area contributed by atoms with Crippen molar-refractivity contribution in [2.45, 2.75) is 24.3 Å². The number of nitrogens with one attached hydrogen (secondary N) is 1. The molecule has 27 heavy (non-hydrogen) atoms. The second-order valence-corrected chi connectivity index (χ2v) is 8.77. The Balaban J connectivity index is 1.43. The average Bonchev–Trinajstić information content (AvgIpc) is 2.68. The summed E-state index contributed by atoms with van der Waals surface area (Å²) in [4.78, 5) is 16.1. The first kappa shape index (κ1) is 20.5. The normalized spacial score (nSPS) is 17.6. The highest BCUT2D eigenvalue weighted by Crippen LogP contribution is 2.25. The zero-order valence-corrected chi connectivity index (χ0v) is 17.5. The predicted octanol–water partition coefficient (Wildman–Crippen LogP) is 5.11. The van der Waals surface area contributed by atoms with Gasteiger partial charge in [0.15, 0.2) is 0 Å². The van der Waals surface area contributed by atoms with Crippen LogP contribution < -0.4 is 5.32 Å². The number of halogens is 2. The Kier molecular flexibility index (Phi) is 7.89. The summed E-state index contributed by atoms with van der Waals surface area (Å²) in [6.07, 6.45) is 1.98. The van der Waals surface area contributed by atoms with Crippen LogP contribution in [0.4, 0.5) is 0 Å². The molecule has 2 aromatic carbocycles. The number of hydrogen-bond acceptors (Lipinski definition) is 3. The van der Waals surface area contributed by atoms with Gasteiger partial charge in [0.25, 0.3) is 0 Å². The summed E-state index contributed by atoms with van der Waals surface area (Å²) < 4.78 is 0. The maximum atomic E-state index is 12.5. The van der Waals surface area contributed by atoms with Crippen LogP contribution >= 0.6 is 35.0 Å². The molecular formula is C21H24Cl2N2OS. The fourth-order valence-corrected chi connectivity index (χ4v) is 4.57. The molecule has 1 fully saturated rings. The standard InChI is InChI=1S/C21H24Cl2N2OS/c22-18-9-8-16(20(23)13-18)14-25-11-4-5-17(15-25)21(26)24-10-12-27-19-6-2-1-3-7-19/h1-3,6-9,13,17H,4-5,10-12,14-15H2,(H,24,26). The molecule has 1 N–H and O–H groups in total. The SMILES string of the molecule is O=C(NCCSc1ccccc1)C1CCCN(Cc2ccc(Cl)cc2Cl)C1. The zero-order chi connectivity index (χ0) is 19.1. The average molecular weight is 423 g/mol. The van der Waals surface area contributed by atoms with Gasteiger partial charge in [-0.05, 0) is 49.2 Å². The van der Waals surface area contributed by atoms with Crippen molar-refractivity contribution in [1.82, 2.24) is 10.2 Å². The molecule has 1 saturated heterocycles. The summed E-state index contributed by atoms with van der Waals surface area (Å²) in [5.74, 6) is 1.09. The minimum absolute atomic E-state index is 0.0477. The second kappa shape index (κ2) is 10.4. The Morgan fingerprint density at radius 3 is 2.78 bits per heavy atom. The molecule has 0 saturated carbocycles. The summed E-state index contributed by atoms with van der Waals surface area (Å²) in [5.41, 5.74) is 1.06. The lowest BCUT2D eigenvalue weighted by atomic mass is 9.96. The third kappa shape index (κ3) is 6.42. The molecule has 1 atom stereocenters. The smallest absolute Gasteiger partial charge is 0.224 e. The van der Waals surface area contributed by atoms with Gasteiger partial charge in [0.2, 0.25) is 5.91 Å². The third-order valence-electron chi connectivity index (χ3n) is 4.70. The highest BCUT2D eigenvalue weighted by molar-refractivity contribution is 7.99. The Bertz CT molecular complexity index is 757. The van der Waals surface area contributed by atoms with Gasteiger partial charge in [-0.2, -0.15) is 0 Å². The van der Waals surface area contributed by atoms with E-state index >= 15 is 0 Å². The highest BCUT2D eigenvalue weighted by atomic mass is 35.5. The van der Waals surface area contributed by atoms with Crippen molar-refractivity contribution >= 4 is 40.9 Å². The maximum Gasteiger partial charge on any atom is 0.224 e. The van der Waals surface area contributed by atoms with E-state index in [-0.39, 0.29) is 11.8 Å². The summed E-state index contributed by atoms with van der Waals surface area (Å²) >= 11 is 14.0. The third-order valence-corrected chi connectivity index (χ3v) is 6.30. The minimum Gasteiger partial charge on any atom is -0.355 e. The van der Waals surface area contributed by atoms with E-state index in [0.717, 1.165) is 43.8 Å². The van der Waals surface area contributed by atoms with E-state index in [0.29, 0.717) is 16.6 Å². The number of carbonyl (C=O) groups is 1. The van der Waals surface area contributed by atoms with Crippen LogP contribution in [0.15, 0.2) is 53.4 Å². The number of benzene rings is 2. The van der Waals surface area contributed by atoms with Crippen molar-refractivity contribution in [2.75, 3.05) is 25.4 Å². The molecule has 3 nitrogen and oxygen atoms in total. The molecule has 0 spiro atoms. The molecule has 0 radical (unpaired) electrons. The second-order valence-electron chi connectivity index (χ2n) is 6.76. The molecule has 0 aromatic heterocycles. The van der Waals surface area contributed by atoms with Crippen molar-refractivity contribution in [1.29, 1.82) is 0 Å². The predicted molar refractivity (Wildman–Crippen MR) is 115 cm³/mol. The number of thioether (sulfide) groups is 1. The topological polar surface area (TPSA) is 32.3 Å². The molecule has 2 aromatic rings. The fraction of sp³-hybridized carbons (Fsp3) is 0.381. The first-order valence-electron chi connectivity index (χ1n) is 9.23. The Morgan fingerprint density at radius 2 is 2.00 bits per heavy atom. The molecule has 0 bridgehead atoms. The molecule has 0 aliphatic carbocycles. The van der Waals surface area contributed by atoms with Gasteiger partial charge in [-0.1, -0.05) is 47.5 Å². The van der Waals surface area contributed by atoms with Crippen LogP contribution in [-0.2, 0) is 11.3 Å². The molecule has 144 valence electrons. The monoisotopic (exact) mass is 422 g/mol. The first-order valence-corrected chi connectivity index (χ1v) is 11.0. The molecule has 1 amide bonds. The Hall–Kier alpha value is -1.20. The number of amides is 1. The molecule has 3 rings (SSSR count). The van der Waals surface area contributed by atoms with E-state index < -0.39 is 0 Å². The summed E-state index contributed by atoms with van der Waals surface area (Å²) in [6.45, 7) is 3.21. The Morgan fingerprint density at radius 1 is 1.19 bits per heavy atom. The molecule has 1 aliphatic heterocycles. The van der Waals surface area contributed by atoms with E-state index in [4.69, 9.17) is 23.2 Å². The van der Waals surface area contributed by atoms with E-state index in [9.17, 15) is 4.79 Å². The van der Waals surface area contributed by atoms with E-state index in [1.807, 2.05) is 30.3 Å². The highest BCUT2D eigenvalue weighted by Gasteiger charge is 2.25. The van der Waals surface area contributed by atoms with Crippen molar-refractivity contribution in [3.05, 3.63) is 64.1 Å². The van der Waals surface area contributed by atoms with Gasteiger partial charge in [-0.15, -0.1) is 11.8 Å². The number of piperidine rings is 1. The fourth-order valence-electron chi connectivity index (χ4n) is 3.31. The molecule has 1 aliphatic rings. The lowest BCUT2D eigenvalue weighted by Crippen LogP contribution is -2.43. The van der Waals surface area contributed by atoms with E-state index in [1.165, 1.54) is 4.90 Å². The van der Waals surface area contributed by atoms with Crippen LogP contribution in [0.2, 0.25) is 10.0 Å². The minimum atomic E-state index is 0.0477. The van der Waals surface area contributed by atoms with E-state index in [2.05, 4.69) is 22.3 Å². The van der Waals surface area contributed by atoms with Crippen LogP contribution in [0.25, 0.3) is 0 Å². The van der Waals surface area contributed by atoms with Crippen LogP contribution in [0.3, 0.4) is 0 Å². The first-order chi connectivity index (χ1) is 13.1. The van der Waals surface area contributed by atoms with Crippen LogP contribution in [0, 0.1) is 5.92 Å². The van der Waals surface area contributed by atoms with Crippen molar-refractivity contribution in [2.24, 2.45) is 5.92 Å². The number of carbonyl (C=O) groups excluding carboxylic acids is 1. The maximum absolute atomic E-state index is 12.5. The van der Waals surface area contributed by atoms with Crippen molar-refractivity contribution in [3.63, 3.8) is 0 Å². The largest absolute Gasteiger partial charge is 0.355 e. The van der Waals surface area contributed by atoms with Crippen LogP contribution in [0.1, 0.15) is 18.4 Å². The van der Waals surface area contributed by atoms with Gasteiger partial charge >= 0.3 is 0 Å². The summed E-state index contributed by atoms with van der Waals surface area (Å²) in [7, 11) is 0. The lowest BCUT2D eigenvalue weighted by molar-refractivity contribution is -0.126. The van der Waals surface area contributed by atoms with Gasteiger partial charge in [-0.3, -0.25) is 9.69 Å². The van der Waals surface area contributed by atoms with Gasteiger partial charge < -0.3 is 5.32 Å². The van der Waals surface area contributed by atoms with Gasteiger partial charge in [0, 0.05) is 40.3 Å². The number of rotatable bonds is 7. The number of hydrogen-bond donors (Lipinski definition) is 1. The van der Waals surface area contributed by atoms with Gasteiger partial charge in [0.05, 0.1) is 5.92 Å². The van der Waals surface area contributed by atoms with Gasteiger partial charge in [-0.25, -0.2) is 0 Å². The van der Waals surface area contributed by atoms with Crippen LogP contribution in [-0.4, -0.2) is 36.2 Å². The molecule has 1 heterocycles. The van der Waals surface area contributed by atoms with Gasteiger partial charge in [0.1, 0.15) is 0 Å². The number of nitrogens with zero attached hydrogens (tertiary/aromatic N) is 1. The zero-order valence-electron chi connectivity index (χ0n) is 15.2. The summed E-state index contributed by atoms with van der Waals surface area (Å²) in [6, 6.07) is 15.9. The lowest BCUT2D eigenvalue weighted by Gasteiger charge is -2.32. The van der Waals surface area contributed by atoms with E-state index in [1.54, 1.807) is 17.8 Å².